The van der Waals surface area contributed by atoms with Gasteiger partial charge in [-0.1, -0.05) is 13.8 Å². The molecule has 0 aliphatic rings. The predicted molar refractivity (Wildman–Crippen MR) is 70.3 cm³/mol. The maximum atomic E-state index is 11.4. The van der Waals surface area contributed by atoms with Crippen LogP contribution in [0, 0.1) is 5.92 Å². The van der Waals surface area contributed by atoms with Gasteiger partial charge in [0.2, 0.25) is 5.95 Å². The number of rotatable bonds is 3. The van der Waals surface area contributed by atoms with Gasteiger partial charge in [-0.3, -0.25) is 0 Å². The van der Waals surface area contributed by atoms with Crippen LogP contribution in [-0.2, 0) is 11.3 Å². The van der Waals surface area contributed by atoms with Crippen LogP contribution in [0.4, 0.5) is 5.95 Å². The molecule has 0 unspecified atom stereocenters. The van der Waals surface area contributed by atoms with Crippen molar-refractivity contribution < 1.29 is 9.53 Å². The molecule has 0 fully saturated rings. The Labute approximate surface area is 106 Å². The molecule has 0 aliphatic heterocycles. The van der Waals surface area contributed by atoms with Gasteiger partial charge in [-0.25, -0.2) is 9.78 Å². The lowest BCUT2D eigenvalue weighted by Crippen LogP contribution is -2.08. The number of nitrogens with two attached hydrogens (primary N) is 1. The highest BCUT2D eigenvalue weighted by Gasteiger charge is 2.12. The molecular formula is C13H17N3O2. The number of anilines is 1. The number of ether oxygens (including phenoxy) is 1. The van der Waals surface area contributed by atoms with Crippen LogP contribution in [0.2, 0.25) is 0 Å². The number of carbonyl (C=O) groups is 1. The van der Waals surface area contributed by atoms with Crippen molar-refractivity contribution in [2.75, 3.05) is 12.8 Å². The third kappa shape index (κ3) is 2.16. The van der Waals surface area contributed by atoms with E-state index in [1.807, 2.05) is 10.6 Å². The highest BCUT2D eigenvalue weighted by atomic mass is 16.5. The van der Waals surface area contributed by atoms with Gasteiger partial charge in [0.15, 0.2) is 0 Å². The number of carbonyl (C=O) groups excluding carboxylic acids is 1. The Morgan fingerprint density at radius 1 is 1.50 bits per heavy atom. The minimum Gasteiger partial charge on any atom is -0.465 e. The van der Waals surface area contributed by atoms with Gasteiger partial charge in [0.25, 0.3) is 0 Å². The molecule has 0 bridgehead atoms. The van der Waals surface area contributed by atoms with E-state index < -0.39 is 0 Å². The van der Waals surface area contributed by atoms with Crippen LogP contribution in [0.15, 0.2) is 18.2 Å². The van der Waals surface area contributed by atoms with E-state index >= 15 is 0 Å². The van der Waals surface area contributed by atoms with Crippen molar-refractivity contribution in [3.63, 3.8) is 0 Å². The van der Waals surface area contributed by atoms with Gasteiger partial charge in [0, 0.05) is 6.54 Å². The fraction of sp³-hybridized carbons (Fsp3) is 0.385. The average molecular weight is 247 g/mol. The number of hydrogen-bond acceptors (Lipinski definition) is 4. The average Bonchev–Trinajstić information content (AvgIpc) is 2.63. The zero-order valence-electron chi connectivity index (χ0n) is 10.8. The molecule has 0 amide bonds. The Kier molecular flexibility index (Phi) is 3.23. The van der Waals surface area contributed by atoms with E-state index in [-0.39, 0.29) is 5.97 Å². The number of imidazole rings is 1. The lowest BCUT2D eigenvalue weighted by Gasteiger charge is -2.09. The molecule has 18 heavy (non-hydrogen) atoms. The summed E-state index contributed by atoms with van der Waals surface area (Å²) in [6.07, 6.45) is 0. The molecule has 0 spiro atoms. The van der Waals surface area contributed by atoms with Gasteiger partial charge >= 0.3 is 5.97 Å². The maximum Gasteiger partial charge on any atom is 0.337 e. The minimum absolute atomic E-state index is 0.367. The second-order valence-electron chi connectivity index (χ2n) is 4.67. The zero-order chi connectivity index (χ0) is 13.3. The Bertz CT molecular complexity index is 587. The summed E-state index contributed by atoms with van der Waals surface area (Å²) in [5.41, 5.74) is 8.04. The monoisotopic (exact) mass is 247 g/mol. The van der Waals surface area contributed by atoms with Crippen molar-refractivity contribution in [1.29, 1.82) is 0 Å². The number of esters is 1. The second-order valence-corrected chi connectivity index (χ2v) is 4.67. The highest BCUT2D eigenvalue weighted by molar-refractivity contribution is 5.94. The van der Waals surface area contributed by atoms with Gasteiger partial charge in [0.05, 0.1) is 23.7 Å². The van der Waals surface area contributed by atoms with E-state index in [2.05, 4.69) is 23.6 Å². The standard InChI is InChI=1S/C13H17N3O2/c1-8(2)7-16-11-5-4-9(12(17)18-3)6-10(11)15-13(16)14/h4-6,8H,7H2,1-3H3,(H2,14,15). The van der Waals surface area contributed by atoms with Crippen LogP contribution in [0.5, 0.6) is 0 Å². The third-order valence-corrected chi connectivity index (χ3v) is 2.75. The molecular weight excluding hydrogens is 230 g/mol. The van der Waals surface area contributed by atoms with Crippen molar-refractivity contribution in [1.82, 2.24) is 9.55 Å². The molecule has 2 N–H and O–H groups in total. The fourth-order valence-corrected chi connectivity index (χ4v) is 1.95. The molecule has 0 radical (unpaired) electrons. The number of aromatic nitrogens is 2. The molecule has 0 saturated heterocycles. The number of fused-ring (bicyclic) bond motifs is 1. The van der Waals surface area contributed by atoms with Gasteiger partial charge < -0.3 is 15.0 Å². The summed E-state index contributed by atoms with van der Waals surface area (Å²) in [6.45, 7) is 5.04. The first-order chi connectivity index (χ1) is 8.52. The lowest BCUT2D eigenvalue weighted by molar-refractivity contribution is 0.0601. The molecule has 5 heteroatoms. The van der Waals surface area contributed by atoms with Gasteiger partial charge in [0.1, 0.15) is 0 Å². The quantitative estimate of drug-likeness (QED) is 0.843. The lowest BCUT2D eigenvalue weighted by atomic mass is 10.2. The summed E-state index contributed by atoms with van der Waals surface area (Å²) >= 11 is 0. The third-order valence-electron chi connectivity index (χ3n) is 2.75. The fourth-order valence-electron chi connectivity index (χ4n) is 1.95. The van der Waals surface area contributed by atoms with Crippen molar-refractivity contribution in [3.8, 4) is 0 Å². The summed E-state index contributed by atoms with van der Waals surface area (Å²) in [5.74, 6) is 0.583. The zero-order valence-corrected chi connectivity index (χ0v) is 10.8. The Morgan fingerprint density at radius 3 is 2.83 bits per heavy atom. The first-order valence-corrected chi connectivity index (χ1v) is 5.87. The molecule has 0 atom stereocenters. The van der Waals surface area contributed by atoms with Crippen molar-refractivity contribution >= 4 is 23.0 Å². The van der Waals surface area contributed by atoms with Crippen LogP contribution in [0.3, 0.4) is 0 Å². The summed E-state index contributed by atoms with van der Waals surface area (Å²) in [4.78, 5) is 15.7. The van der Waals surface area contributed by atoms with Crippen molar-refractivity contribution in [3.05, 3.63) is 23.8 Å². The van der Waals surface area contributed by atoms with Crippen LogP contribution < -0.4 is 5.73 Å². The van der Waals surface area contributed by atoms with Gasteiger partial charge in [-0.05, 0) is 24.1 Å². The first-order valence-electron chi connectivity index (χ1n) is 5.87. The first kappa shape index (κ1) is 12.4. The van der Waals surface area contributed by atoms with Crippen molar-refractivity contribution in [2.24, 2.45) is 5.92 Å². The van der Waals surface area contributed by atoms with E-state index in [4.69, 9.17) is 5.73 Å². The molecule has 2 aromatic rings. The van der Waals surface area contributed by atoms with Crippen LogP contribution in [0.25, 0.3) is 11.0 Å². The van der Waals surface area contributed by atoms with Crippen LogP contribution in [0.1, 0.15) is 24.2 Å². The van der Waals surface area contributed by atoms with E-state index in [1.165, 1.54) is 7.11 Å². The molecule has 1 heterocycles. The van der Waals surface area contributed by atoms with E-state index in [0.717, 1.165) is 17.6 Å². The molecule has 0 saturated carbocycles. The van der Waals surface area contributed by atoms with Crippen LogP contribution in [-0.4, -0.2) is 22.6 Å². The summed E-state index contributed by atoms with van der Waals surface area (Å²) in [6, 6.07) is 5.29. The second kappa shape index (κ2) is 4.68. The molecule has 0 aliphatic carbocycles. The molecule has 5 nitrogen and oxygen atoms in total. The molecule has 2 rings (SSSR count). The van der Waals surface area contributed by atoms with E-state index in [1.54, 1.807) is 12.1 Å². The van der Waals surface area contributed by atoms with Gasteiger partial charge in [-0.2, -0.15) is 0 Å². The SMILES string of the molecule is COC(=O)c1ccc2c(c1)nc(N)n2CC(C)C. The Hall–Kier alpha value is -2.04. The minimum atomic E-state index is -0.367. The Balaban J connectivity index is 2.51. The molecule has 1 aromatic heterocycles. The topological polar surface area (TPSA) is 70.1 Å². The smallest absolute Gasteiger partial charge is 0.337 e. The number of nitrogen functional groups attached to an aromatic ring is 1. The van der Waals surface area contributed by atoms with Crippen LogP contribution >= 0.6 is 0 Å². The van der Waals surface area contributed by atoms with Crippen molar-refractivity contribution in [2.45, 2.75) is 20.4 Å². The number of methoxy groups -OCH3 is 1. The molecule has 96 valence electrons. The van der Waals surface area contributed by atoms with Gasteiger partial charge in [-0.15, -0.1) is 0 Å². The Morgan fingerprint density at radius 2 is 2.22 bits per heavy atom. The summed E-state index contributed by atoms with van der Waals surface area (Å²) in [5, 5.41) is 0. The summed E-state index contributed by atoms with van der Waals surface area (Å²) < 4.78 is 6.64. The maximum absolute atomic E-state index is 11.4. The normalized spacial score (nSPS) is 11.1. The number of hydrogen-bond donors (Lipinski definition) is 1. The van der Waals surface area contributed by atoms with E-state index in [0.29, 0.717) is 17.4 Å². The van der Waals surface area contributed by atoms with E-state index in [9.17, 15) is 4.79 Å². The molecule has 1 aromatic carbocycles. The predicted octanol–water partition coefficient (Wildman–Crippen LogP) is 2.06. The number of nitrogens with zero attached hydrogens (tertiary/aromatic N) is 2. The highest BCUT2D eigenvalue weighted by Crippen LogP contribution is 2.21. The number of benzene rings is 1. The largest absolute Gasteiger partial charge is 0.465 e. The summed E-state index contributed by atoms with van der Waals surface area (Å²) in [7, 11) is 1.36.